The van der Waals surface area contributed by atoms with E-state index >= 15 is 0 Å². The highest BCUT2D eigenvalue weighted by Crippen LogP contribution is 2.21. The van der Waals surface area contributed by atoms with Gasteiger partial charge in [-0.25, -0.2) is 4.79 Å². The summed E-state index contributed by atoms with van der Waals surface area (Å²) < 4.78 is 5.65. The molecule has 1 N–H and O–H groups in total. The number of halogens is 1. The van der Waals surface area contributed by atoms with Crippen molar-refractivity contribution in [2.24, 2.45) is 0 Å². The van der Waals surface area contributed by atoms with E-state index < -0.39 is 0 Å². The van der Waals surface area contributed by atoms with Crippen molar-refractivity contribution in [3.8, 4) is 11.3 Å². The van der Waals surface area contributed by atoms with Crippen molar-refractivity contribution in [1.82, 2.24) is 4.98 Å². The Morgan fingerprint density at radius 3 is 2.50 bits per heavy atom. The Hall–Kier alpha value is -1.55. The van der Waals surface area contributed by atoms with Crippen LogP contribution >= 0.6 is 15.9 Å². The van der Waals surface area contributed by atoms with E-state index in [0.717, 1.165) is 15.7 Å². The Labute approximate surface area is 102 Å². The van der Waals surface area contributed by atoms with Gasteiger partial charge in [0.25, 0.3) is 0 Å². The van der Waals surface area contributed by atoms with Crippen molar-refractivity contribution >= 4 is 21.9 Å². The molecule has 2 rings (SSSR count). The maximum Gasteiger partial charge on any atom is 0.354 e. The van der Waals surface area contributed by atoms with E-state index in [9.17, 15) is 4.79 Å². The van der Waals surface area contributed by atoms with Crippen LogP contribution in [0.1, 0.15) is 10.5 Å². The van der Waals surface area contributed by atoms with Gasteiger partial charge in [-0.2, -0.15) is 0 Å². The first-order valence-electron chi connectivity index (χ1n) is 4.74. The molecule has 0 bridgehead atoms. The van der Waals surface area contributed by atoms with Gasteiger partial charge in [-0.05, 0) is 29.8 Å². The number of methoxy groups -OCH3 is 1. The molecule has 3 nitrogen and oxygen atoms in total. The summed E-state index contributed by atoms with van der Waals surface area (Å²) in [5.41, 5.74) is 2.38. The minimum atomic E-state index is -0.358. The molecule has 0 radical (unpaired) electrons. The molecule has 0 unspecified atom stereocenters. The lowest BCUT2D eigenvalue weighted by Gasteiger charge is -1.98. The lowest BCUT2D eigenvalue weighted by atomic mass is 10.2. The number of aromatic amines is 1. The lowest BCUT2D eigenvalue weighted by molar-refractivity contribution is 0.0595. The van der Waals surface area contributed by atoms with Crippen LogP contribution in [0.15, 0.2) is 40.9 Å². The molecular weight excluding hydrogens is 270 g/mol. The second-order valence-electron chi connectivity index (χ2n) is 3.28. The summed E-state index contributed by atoms with van der Waals surface area (Å²) in [4.78, 5) is 14.3. The molecule has 0 saturated carbocycles. The van der Waals surface area contributed by atoms with Gasteiger partial charge in [0.05, 0.1) is 7.11 Å². The Morgan fingerprint density at radius 2 is 1.88 bits per heavy atom. The third-order valence-electron chi connectivity index (χ3n) is 2.25. The number of rotatable bonds is 2. The van der Waals surface area contributed by atoms with Crippen molar-refractivity contribution in [3.63, 3.8) is 0 Å². The quantitative estimate of drug-likeness (QED) is 0.858. The Kier molecular flexibility index (Phi) is 3.10. The number of hydrogen-bond donors (Lipinski definition) is 1. The topological polar surface area (TPSA) is 42.1 Å². The summed E-state index contributed by atoms with van der Waals surface area (Å²) in [6.45, 7) is 0. The van der Waals surface area contributed by atoms with Gasteiger partial charge in [-0.15, -0.1) is 0 Å². The summed E-state index contributed by atoms with van der Waals surface area (Å²) in [6.07, 6.45) is 0. The van der Waals surface area contributed by atoms with Gasteiger partial charge in [0, 0.05) is 10.2 Å². The van der Waals surface area contributed by atoms with Gasteiger partial charge in [0.1, 0.15) is 5.69 Å². The van der Waals surface area contributed by atoms with Crippen molar-refractivity contribution in [1.29, 1.82) is 0 Å². The Bertz CT molecular complexity index is 502. The number of ether oxygens (including phenoxy) is 1. The molecule has 0 amide bonds. The summed E-state index contributed by atoms with van der Waals surface area (Å²) >= 11 is 3.37. The standard InChI is InChI=1S/C12H10BrNO2/c1-16-12(15)11-7-6-10(14-11)8-2-4-9(13)5-3-8/h2-7,14H,1H3. The maximum atomic E-state index is 11.3. The van der Waals surface area contributed by atoms with E-state index in [-0.39, 0.29) is 5.97 Å². The lowest BCUT2D eigenvalue weighted by Crippen LogP contribution is -2.00. The monoisotopic (exact) mass is 279 g/mol. The van der Waals surface area contributed by atoms with Crippen LogP contribution in [0.2, 0.25) is 0 Å². The van der Waals surface area contributed by atoms with Gasteiger partial charge in [-0.3, -0.25) is 0 Å². The molecule has 4 heteroatoms. The van der Waals surface area contributed by atoms with E-state index in [4.69, 9.17) is 0 Å². The maximum absolute atomic E-state index is 11.3. The minimum Gasteiger partial charge on any atom is -0.464 e. The van der Waals surface area contributed by atoms with Crippen LogP contribution in [0.3, 0.4) is 0 Å². The highest BCUT2D eigenvalue weighted by atomic mass is 79.9. The van der Waals surface area contributed by atoms with E-state index in [1.807, 2.05) is 30.3 Å². The summed E-state index contributed by atoms with van der Waals surface area (Å²) in [5.74, 6) is -0.358. The zero-order valence-corrected chi connectivity index (χ0v) is 10.2. The van der Waals surface area contributed by atoms with Crippen molar-refractivity contribution in [2.45, 2.75) is 0 Å². The number of nitrogens with one attached hydrogen (secondary N) is 1. The van der Waals surface area contributed by atoms with E-state index in [0.29, 0.717) is 5.69 Å². The number of benzene rings is 1. The molecule has 0 aliphatic heterocycles. The molecule has 0 spiro atoms. The number of carbonyl (C=O) groups is 1. The fraction of sp³-hybridized carbons (Fsp3) is 0.0833. The molecule has 0 fully saturated rings. The largest absolute Gasteiger partial charge is 0.464 e. The first-order valence-corrected chi connectivity index (χ1v) is 5.53. The highest BCUT2D eigenvalue weighted by molar-refractivity contribution is 9.10. The van der Waals surface area contributed by atoms with E-state index in [1.54, 1.807) is 6.07 Å². The molecule has 0 aliphatic carbocycles. The molecule has 82 valence electrons. The van der Waals surface area contributed by atoms with Gasteiger partial charge in [0.15, 0.2) is 0 Å². The fourth-order valence-corrected chi connectivity index (χ4v) is 1.69. The average Bonchev–Trinajstić information content (AvgIpc) is 2.78. The molecule has 16 heavy (non-hydrogen) atoms. The Morgan fingerprint density at radius 1 is 1.19 bits per heavy atom. The molecule has 1 heterocycles. The third-order valence-corrected chi connectivity index (χ3v) is 2.78. The SMILES string of the molecule is COC(=O)c1ccc(-c2ccc(Br)cc2)[nH]1. The number of H-pyrrole nitrogens is 1. The van der Waals surface area contributed by atoms with Crippen molar-refractivity contribution in [3.05, 3.63) is 46.6 Å². The smallest absolute Gasteiger partial charge is 0.354 e. The zero-order chi connectivity index (χ0) is 11.5. The van der Waals surface area contributed by atoms with E-state index in [1.165, 1.54) is 7.11 Å². The van der Waals surface area contributed by atoms with E-state index in [2.05, 4.69) is 25.7 Å². The van der Waals surface area contributed by atoms with Gasteiger partial charge in [-0.1, -0.05) is 28.1 Å². The predicted octanol–water partition coefficient (Wildman–Crippen LogP) is 3.23. The van der Waals surface area contributed by atoms with Crippen LogP contribution in [0.4, 0.5) is 0 Å². The first kappa shape index (κ1) is 11.0. The van der Waals surface area contributed by atoms with Crippen LogP contribution in [0.25, 0.3) is 11.3 Å². The van der Waals surface area contributed by atoms with Crippen LogP contribution in [0.5, 0.6) is 0 Å². The average molecular weight is 280 g/mol. The van der Waals surface area contributed by atoms with Gasteiger partial charge >= 0.3 is 5.97 Å². The minimum absolute atomic E-state index is 0.358. The Balaban J connectivity index is 2.31. The first-order chi connectivity index (χ1) is 7.70. The predicted molar refractivity (Wildman–Crippen MR) is 65.3 cm³/mol. The molecule has 0 atom stereocenters. The van der Waals surface area contributed by atoms with Crippen LogP contribution in [-0.4, -0.2) is 18.1 Å². The molecule has 0 saturated heterocycles. The molecule has 0 aliphatic rings. The second-order valence-corrected chi connectivity index (χ2v) is 4.20. The zero-order valence-electron chi connectivity index (χ0n) is 8.66. The van der Waals surface area contributed by atoms with Crippen molar-refractivity contribution < 1.29 is 9.53 Å². The summed E-state index contributed by atoms with van der Waals surface area (Å²) in [5, 5.41) is 0. The van der Waals surface area contributed by atoms with Crippen molar-refractivity contribution in [2.75, 3.05) is 7.11 Å². The third kappa shape index (κ3) is 2.17. The molecular formula is C12H10BrNO2. The second kappa shape index (κ2) is 4.53. The number of hydrogen-bond acceptors (Lipinski definition) is 2. The summed E-state index contributed by atoms with van der Waals surface area (Å²) in [6, 6.07) is 11.4. The van der Waals surface area contributed by atoms with Crippen LogP contribution in [0, 0.1) is 0 Å². The highest BCUT2D eigenvalue weighted by Gasteiger charge is 2.08. The van der Waals surface area contributed by atoms with Crippen LogP contribution < -0.4 is 0 Å². The number of esters is 1. The molecule has 1 aromatic carbocycles. The van der Waals surface area contributed by atoms with Gasteiger partial charge < -0.3 is 9.72 Å². The summed E-state index contributed by atoms with van der Waals surface area (Å²) in [7, 11) is 1.36. The van der Waals surface area contributed by atoms with Gasteiger partial charge in [0.2, 0.25) is 0 Å². The number of aromatic nitrogens is 1. The van der Waals surface area contributed by atoms with Crippen LogP contribution in [-0.2, 0) is 4.74 Å². The normalized spacial score (nSPS) is 10.1. The number of carbonyl (C=O) groups excluding carboxylic acids is 1. The molecule has 1 aromatic heterocycles. The fourth-order valence-electron chi connectivity index (χ4n) is 1.42. The molecule has 2 aromatic rings.